The Balaban J connectivity index is 4.07. The molecule has 0 aliphatic heterocycles. The van der Waals surface area contributed by atoms with Crippen molar-refractivity contribution in [2.45, 2.75) is 13.6 Å². The molecule has 0 bridgehead atoms. The van der Waals surface area contributed by atoms with Gasteiger partial charge < -0.3 is 4.74 Å². The van der Waals surface area contributed by atoms with Crippen LogP contribution in [0.15, 0.2) is 73.5 Å². The molecule has 17 heavy (non-hydrogen) atoms. The highest BCUT2D eigenvalue weighted by atomic mass is 16.5. The maximum Gasteiger partial charge on any atom is 0.160 e. The monoisotopic (exact) mass is 228 g/mol. The van der Waals surface area contributed by atoms with E-state index in [0.29, 0.717) is 19.1 Å². The highest BCUT2D eigenvalue weighted by Gasteiger charge is 1.92. The molecule has 0 saturated carbocycles. The Labute approximate surface area is 106 Å². The van der Waals surface area contributed by atoms with Crippen molar-refractivity contribution in [3.63, 3.8) is 0 Å². The van der Waals surface area contributed by atoms with Crippen LogP contribution in [0.5, 0.6) is 0 Å². The highest BCUT2D eigenvalue weighted by Crippen LogP contribution is 2.03. The van der Waals surface area contributed by atoms with Crippen LogP contribution in [0.3, 0.4) is 0 Å². The molecular formula is C15H21BO. The van der Waals surface area contributed by atoms with Crippen LogP contribution in [0.1, 0.15) is 0 Å². The summed E-state index contributed by atoms with van der Waals surface area (Å²) in [5, 5.41) is 0. The van der Waals surface area contributed by atoms with Crippen LogP contribution in [-0.4, -0.2) is 13.3 Å². The van der Waals surface area contributed by atoms with Crippen molar-refractivity contribution in [2.75, 3.05) is 6.61 Å². The molecule has 0 aromatic carbocycles. The van der Waals surface area contributed by atoms with Crippen molar-refractivity contribution in [1.82, 2.24) is 0 Å². The summed E-state index contributed by atoms with van der Waals surface area (Å²) in [6.45, 7) is 16.4. The molecule has 0 N–H and O–H groups in total. The van der Waals surface area contributed by atoms with Crippen LogP contribution >= 0.6 is 0 Å². The van der Waals surface area contributed by atoms with E-state index in [4.69, 9.17) is 4.74 Å². The summed E-state index contributed by atoms with van der Waals surface area (Å²) in [4.78, 5) is 0. The molecule has 0 amide bonds. The summed E-state index contributed by atoms with van der Waals surface area (Å²) >= 11 is 0. The van der Waals surface area contributed by atoms with Crippen molar-refractivity contribution in [2.24, 2.45) is 0 Å². The van der Waals surface area contributed by atoms with Gasteiger partial charge in [-0.15, -0.1) is 5.98 Å². The van der Waals surface area contributed by atoms with E-state index in [1.54, 1.807) is 12.2 Å². The predicted octanol–water partition coefficient (Wildman–Crippen LogP) is 4.22. The van der Waals surface area contributed by atoms with Gasteiger partial charge in [0.15, 0.2) is 6.71 Å². The molecule has 0 atom stereocenters. The second-order valence-corrected chi connectivity index (χ2v) is 3.92. The lowest BCUT2D eigenvalue weighted by Crippen LogP contribution is -1.94. The summed E-state index contributed by atoms with van der Waals surface area (Å²) in [7, 11) is 0. The van der Waals surface area contributed by atoms with E-state index in [1.807, 2.05) is 24.3 Å². The van der Waals surface area contributed by atoms with E-state index in [9.17, 15) is 0 Å². The molecule has 0 radical (unpaired) electrons. The summed E-state index contributed by atoms with van der Waals surface area (Å²) in [5.74, 6) is 2.74. The summed E-state index contributed by atoms with van der Waals surface area (Å²) in [5.41, 5.74) is 0.979. The third-order valence-electron chi connectivity index (χ3n) is 1.91. The Hall–Kier alpha value is -1.70. The maximum atomic E-state index is 5.45. The van der Waals surface area contributed by atoms with Crippen molar-refractivity contribution >= 4 is 6.71 Å². The van der Waals surface area contributed by atoms with Gasteiger partial charge in [0.1, 0.15) is 12.4 Å². The van der Waals surface area contributed by atoms with Crippen molar-refractivity contribution < 1.29 is 4.74 Å². The molecule has 0 rings (SSSR count). The first kappa shape index (κ1) is 15.3. The summed E-state index contributed by atoms with van der Waals surface area (Å²) < 4.78 is 5.45. The zero-order chi connectivity index (χ0) is 13.1. The van der Waals surface area contributed by atoms with Crippen LogP contribution in [-0.2, 0) is 4.74 Å². The lowest BCUT2D eigenvalue weighted by Gasteiger charge is -2.05. The smallest absolute Gasteiger partial charge is 0.160 e. The average Bonchev–Trinajstić information content (AvgIpc) is 2.29. The molecule has 0 heterocycles. The second kappa shape index (κ2) is 9.53. The minimum atomic E-state index is 0.465. The standard InChI is InChI=1S/C15H21BO/c1-6-10-15(7-2)13-17-14(3)11-8-9-12-16(4)5/h6-12H,1-3,13H2,4-5H3/b11-8-,12-9+,15-10+. The minimum Gasteiger partial charge on any atom is -0.490 e. The first-order valence-electron chi connectivity index (χ1n) is 5.70. The van der Waals surface area contributed by atoms with Gasteiger partial charge in [-0.25, -0.2) is 0 Å². The molecule has 0 aliphatic rings. The van der Waals surface area contributed by atoms with Gasteiger partial charge in [0.2, 0.25) is 0 Å². The summed E-state index contributed by atoms with van der Waals surface area (Å²) in [6, 6.07) is 0. The third kappa shape index (κ3) is 9.25. The van der Waals surface area contributed by atoms with E-state index in [1.165, 1.54) is 0 Å². The lowest BCUT2D eigenvalue weighted by atomic mass is 9.55. The van der Waals surface area contributed by atoms with Crippen LogP contribution in [0.25, 0.3) is 0 Å². The van der Waals surface area contributed by atoms with E-state index >= 15 is 0 Å². The van der Waals surface area contributed by atoms with Gasteiger partial charge in [-0.1, -0.05) is 63.8 Å². The molecule has 0 aromatic heterocycles. The van der Waals surface area contributed by atoms with E-state index in [2.05, 4.69) is 39.4 Å². The zero-order valence-corrected chi connectivity index (χ0v) is 10.9. The fourth-order valence-electron chi connectivity index (χ4n) is 1.000. The molecule has 0 spiro atoms. The predicted molar refractivity (Wildman–Crippen MR) is 79.3 cm³/mol. The molecule has 1 nitrogen and oxygen atoms in total. The average molecular weight is 228 g/mol. The molecule has 0 aliphatic carbocycles. The van der Waals surface area contributed by atoms with Crippen LogP contribution in [0.2, 0.25) is 13.6 Å². The van der Waals surface area contributed by atoms with Crippen LogP contribution in [0.4, 0.5) is 0 Å². The quantitative estimate of drug-likeness (QED) is 0.343. The number of allylic oxidation sites excluding steroid dienone is 5. The molecule has 0 saturated heterocycles. The zero-order valence-electron chi connectivity index (χ0n) is 10.9. The normalized spacial score (nSPS) is 11.8. The minimum absolute atomic E-state index is 0.465. The van der Waals surface area contributed by atoms with Crippen LogP contribution in [0, 0.1) is 0 Å². The summed E-state index contributed by atoms with van der Waals surface area (Å²) in [6.07, 6.45) is 11.1. The Morgan fingerprint density at radius 2 is 1.94 bits per heavy atom. The van der Waals surface area contributed by atoms with Crippen molar-refractivity contribution in [3.05, 3.63) is 73.5 Å². The van der Waals surface area contributed by atoms with E-state index in [0.717, 1.165) is 5.57 Å². The highest BCUT2D eigenvalue weighted by molar-refractivity contribution is 6.61. The molecule has 0 fully saturated rings. The van der Waals surface area contributed by atoms with Crippen molar-refractivity contribution in [3.8, 4) is 0 Å². The Kier molecular flexibility index (Phi) is 8.58. The Morgan fingerprint density at radius 3 is 2.47 bits per heavy atom. The molecule has 90 valence electrons. The van der Waals surface area contributed by atoms with Gasteiger partial charge >= 0.3 is 0 Å². The third-order valence-corrected chi connectivity index (χ3v) is 1.91. The number of rotatable bonds is 8. The van der Waals surface area contributed by atoms with Gasteiger partial charge in [0, 0.05) is 0 Å². The molecular weight excluding hydrogens is 207 g/mol. The maximum absolute atomic E-state index is 5.45. The molecule has 0 aromatic rings. The van der Waals surface area contributed by atoms with Gasteiger partial charge in [0.25, 0.3) is 0 Å². The van der Waals surface area contributed by atoms with Gasteiger partial charge in [0.05, 0.1) is 0 Å². The SMILES string of the molecule is C=C/C=C(\C=C)COC(=C)/C=C\C=C\B(C)C. The van der Waals surface area contributed by atoms with Gasteiger partial charge in [-0.3, -0.25) is 0 Å². The first-order valence-corrected chi connectivity index (χ1v) is 5.70. The van der Waals surface area contributed by atoms with Crippen LogP contribution < -0.4 is 0 Å². The number of hydrogen-bond donors (Lipinski definition) is 0. The van der Waals surface area contributed by atoms with E-state index in [-0.39, 0.29) is 0 Å². The fraction of sp³-hybridized carbons (Fsp3) is 0.200. The molecule has 0 unspecified atom stereocenters. The molecule has 2 heteroatoms. The van der Waals surface area contributed by atoms with E-state index < -0.39 is 0 Å². The Bertz CT molecular complexity index is 346. The number of hydrogen-bond acceptors (Lipinski definition) is 1. The second-order valence-electron chi connectivity index (χ2n) is 3.92. The fourth-order valence-corrected chi connectivity index (χ4v) is 1.000. The lowest BCUT2D eigenvalue weighted by molar-refractivity contribution is 0.257. The first-order chi connectivity index (χ1) is 8.10. The van der Waals surface area contributed by atoms with Gasteiger partial charge in [-0.05, 0) is 11.6 Å². The van der Waals surface area contributed by atoms with Crippen molar-refractivity contribution in [1.29, 1.82) is 0 Å². The Morgan fingerprint density at radius 1 is 1.24 bits per heavy atom. The van der Waals surface area contributed by atoms with Gasteiger partial charge in [-0.2, -0.15) is 0 Å². The topological polar surface area (TPSA) is 9.23 Å². The largest absolute Gasteiger partial charge is 0.490 e. The number of ether oxygens (including phenoxy) is 1.